The van der Waals surface area contributed by atoms with E-state index < -0.39 is 5.60 Å². The fourth-order valence-corrected chi connectivity index (χ4v) is 4.73. The Morgan fingerprint density at radius 3 is 2.55 bits per heavy atom. The second-order valence-corrected chi connectivity index (χ2v) is 8.50. The predicted octanol–water partition coefficient (Wildman–Crippen LogP) is 4.38. The van der Waals surface area contributed by atoms with Crippen molar-refractivity contribution in [1.82, 2.24) is 9.88 Å². The number of aromatic nitrogens is 1. The third kappa shape index (κ3) is 3.98. The predicted molar refractivity (Wildman–Crippen MR) is 129 cm³/mol. The largest absolute Gasteiger partial charge is 0.481 e. The standard InChI is InChI=1S/C27H27N3O3/c1-33-25-23(8-4-16-28-25)27(32)14-18-29(19-15-27)26(31)21-10-12-22(13-11-21)30-17-5-7-20-6-2-3-9-24(20)30/h2-13,16,32H,14-15,17-19H2,1H3. The molecule has 0 unspecified atom stereocenters. The summed E-state index contributed by atoms with van der Waals surface area (Å²) in [6.07, 6.45) is 6.81. The first-order valence-electron chi connectivity index (χ1n) is 11.2. The molecule has 1 N–H and O–H groups in total. The number of benzene rings is 2. The second-order valence-electron chi connectivity index (χ2n) is 8.50. The number of anilines is 2. The number of pyridine rings is 1. The van der Waals surface area contributed by atoms with Crippen LogP contribution >= 0.6 is 0 Å². The normalized spacial score (nSPS) is 16.9. The lowest BCUT2D eigenvalue weighted by Crippen LogP contribution is -2.45. The fourth-order valence-electron chi connectivity index (χ4n) is 4.73. The Labute approximate surface area is 193 Å². The molecule has 33 heavy (non-hydrogen) atoms. The Morgan fingerprint density at radius 2 is 1.79 bits per heavy atom. The number of para-hydroxylation sites is 1. The maximum atomic E-state index is 13.1. The van der Waals surface area contributed by atoms with Gasteiger partial charge in [-0.05, 0) is 60.9 Å². The highest BCUT2D eigenvalue weighted by Gasteiger charge is 2.38. The Bertz CT molecular complexity index is 1180. The lowest BCUT2D eigenvalue weighted by molar-refractivity contribution is -0.0230. The van der Waals surface area contributed by atoms with E-state index >= 15 is 0 Å². The van der Waals surface area contributed by atoms with E-state index in [1.165, 1.54) is 11.3 Å². The quantitative estimate of drug-likeness (QED) is 0.651. The molecular formula is C27H27N3O3. The van der Waals surface area contributed by atoms with Crippen molar-refractivity contribution in [3.05, 3.63) is 89.6 Å². The molecule has 0 saturated carbocycles. The average molecular weight is 442 g/mol. The first-order valence-corrected chi connectivity index (χ1v) is 11.2. The molecule has 2 aromatic carbocycles. The summed E-state index contributed by atoms with van der Waals surface area (Å²) in [5, 5.41) is 11.2. The minimum Gasteiger partial charge on any atom is -0.481 e. The maximum absolute atomic E-state index is 13.1. The molecule has 6 nitrogen and oxygen atoms in total. The van der Waals surface area contributed by atoms with Crippen LogP contribution in [0.4, 0.5) is 11.4 Å². The van der Waals surface area contributed by atoms with Crippen LogP contribution in [0.25, 0.3) is 6.08 Å². The third-order valence-electron chi connectivity index (χ3n) is 6.58. The monoisotopic (exact) mass is 441 g/mol. The van der Waals surface area contributed by atoms with Gasteiger partial charge < -0.3 is 19.6 Å². The van der Waals surface area contributed by atoms with E-state index in [1.54, 1.807) is 19.4 Å². The zero-order chi connectivity index (χ0) is 22.8. The first-order chi connectivity index (χ1) is 16.1. The lowest BCUT2D eigenvalue weighted by Gasteiger charge is -2.38. The zero-order valence-corrected chi connectivity index (χ0v) is 18.6. The molecule has 3 aromatic rings. The molecule has 1 saturated heterocycles. The van der Waals surface area contributed by atoms with Crippen molar-refractivity contribution in [1.29, 1.82) is 0 Å². The third-order valence-corrected chi connectivity index (χ3v) is 6.58. The van der Waals surface area contributed by atoms with Crippen LogP contribution in [-0.4, -0.2) is 47.6 Å². The van der Waals surface area contributed by atoms with E-state index in [2.05, 4.69) is 34.2 Å². The molecule has 0 radical (unpaired) electrons. The molecule has 0 spiro atoms. The molecule has 2 aliphatic heterocycles. The van der Waals surface area contributed by atoms with Crippen molar-refractivity contribution in [2.24, 2.45) is 0 Å². The number of hydrogen-bond acceptors (Lipinski definition) is 5. The summed E-state index contributed by atoms with van der Waals surface area (Å²) in [7, 11) is 1.55. The smallest absolute Gasteiger partial charge is 0.253 e. The van der Waals surface area contributed by atoms with Gasteiger partial charge in [-0.1, -0.05) is 30.4 Å². The molecule has 1 fully saturated rings. The number of ether oxygens (including phenoxy) is 1. The van der Waals surface area contributed by atoms with Crippen molar-refractivity contribution in [2.45, 2.75) is 18.4 Å². The summed E-state index contributed by atoms with van der Waals surface area (Å²) >= 11 is 0. The highest BCUT2D eigenvalue weighted by Crippen LogP contribution is 2.37. The summed E-state index contributed by atoms with van der Waals surface area (Å²) in [6.45, 7) is 1.74. The van der Waals surface area contributed by atoms with Crippen LogP contribution in [0, 0.1) is 0 Å². The molecule has 2 aliphatic rings. The number of likely N-dealkylation sites (tertiary alicyclic amines) is 1. The van der Waals surface area contributed by atoms with Gasteiger partial charge in [0.15, 0.2) is 0 Å². The highest BCUT2D eigenvalue weighted by atomic mass is 16.5. The van der Waals surface area contributed by atoms with Crippen molar-refractivity contribution in [2.75, 3.05) is 31.6 Å². The van der Waals surface area contributed by atoms with E-state index in [0.29, 0.717) is 42.9 Å². The molecule has 0 aliphatic carbocycles. The van der Waals surface area contributed by atoms with Gasteiger partial charge in [0.05, 0.1) is 12.7 Å². The van der Waals surface area contributed by atoms with Gasteiger partial charge in [0, 0.05) is 48.3 Å². The molecule has 0 atom stereocenters. The number of carbonyl (C=O) groups excluding carboxylic acids is 1. The minimum atomic E-state index is -1.05. The van der Waals surface area contributed by atoms with Gasteiger partial charge in [-0.15, -0.1) is 0 Å². The van der Waals surface area contributed by atoms with Gasteiger partial charge in [0.25, 0.3) is 5.91 Å². The number of nitrogens with zero attached hydrogens (tertiary/aromatic N) is 3. The van der Waals surface area contributed by atoms with Crippen molar-refractivity contribution < 1.29 is 14.6 Å². The Hall–Kier alpha value is -3.64. The van der Waals surface area contributed by atoms with Gasteiger partial charge in [-0.3, -0.25) is 4.79 Å². The van der Waals surface area contributed by atoms with Gasteiger partial charge in [-0.2, -0.15) is 0 Å². The Kier molecular flexibility index (Phi) is 5.60. The SMILES string of the molecule is COc1ncccc1C1(O)CCN(C(=O)c2ccc(N3CC=Cc4ccccc43)cc2)CC1. The summed E-state index contributed by atoms with van der Waals surface area (Å²) in [6, 6.07) is 19.7. The molecule has 1 aromatic heterocycles. The molecule has 168 valence electrons. The molecule has 5 rings (SSSR count). The first kappa shape index (κ1) is 21.2. The number of hydrogen-bond donors (Lipinski definition) is 1. The Morgan fingerprint density at radius 1 is 1.03 bits per heavy atom. The summed E-state index contributed by atoms with van der Waals surface area (Å²) in [4.78, 5) is 21.4. The van der Waals surface area contributed by atoms with Crippen molar-refractivity contribution in [3.8, 4) is 5.88 Å². The van der Waals surface area contributed by atoms with E-state index in [4.69, 9.17) is 4.74 Å². The minimum absolute atomic E-state index is 0.0132. The lowest BCUT2D eigenvalue weighted by atomic mass is 9.84. The summed E-state index contributed by atoms with van der Waals surface area (Å²) < 4.78 is 5.33. The number of amides is 1. The number of methoxy groups -OCH3 is 1. The zero-order valence-electron chi connectivity index (χ0n) is 18.6. The number of piperidine rings is 1. The second kappa shape index (κ2) is 8.71. The van der Waals surface area contributed by atoms with Crippen LogP contribution < -0.4 is 9.64 Å². The van der Waals surface area contributed by atoms with E-state index in [1.807, 2.05) is 47.4 Å². The number of aliphatic hydroxyl groups is 1. The van der Waals surface area contributed by atoms with Gasteiger partial charge in [0.2, 0.25) is 5.88 Å². The summed E-state index contributed by atoms with van der Waals surface area (Å²) in [5.41, 5.74) is 3.70. The molecule has 3 heterocycles. The van der Waals surface area contributed by atoms with Crippen molar-refractivity contribution in [3.63, 3.8) is 0 Å². The van der Waals surface area contributed by atoms with E-state index in [-0.39, 0.29) is 5.91 Å². The molecule has 6 heteroatoms. The van der Waals surface area contributed by atoms with Gasteiger partial charge in [0.1, 0.15) is 0 Å². The van der Waals surface area contributed by atoms with Gasteiger partial charge >= 0.3 is 0 Å². The average Bonchev–Trinajstić information content (AvgIpc) is 2.88. The fraction of sp³-hybridized carbons (Fsp3) is 0.259. The van der Waals surface area contributed by atoms with Crippen LogP contribution in [0.1, 0.15) is 34.3 Å². The molecule has 0 bridgehead atoms. The number of carbonyl (C=O) groups is 1. The van der Waals surface area contributed by atoms with Crippen LogP contribution in [0.15, 0.2) is 72.9 Å². The van der Waals surface area contributed by atoms with Crippen LogP contribution in [0.5, 0.6) is 5.88 Å². The number of fused-ring (bicyclic) bond motifs is 1. The number of rotatable bonds is 4. The van der Waals surface area contributed by atoms with E-state index in [0.717, 1.165) is 12.2 Å². The van der Waals surface area contributed by atoms with Crippen LogP contribution in [0.2, 0.25) is 0 Å². The maximum Gasteiger partial charge on any atom is 0.253 e. The van der Waals surface area contributed by atoms with Crippen LogP contribution in [0.3, 0.4) is 0 Å². The van der Waals surface area contributed by atoms with Gasteiger partial charge in [-0.25, -0.2) is 4.98 Å². The molecule has 1 amide bonds. The Balaban J connectivity index is 1.28. The van der Waals surface area contributed by atoms with Crippen LogP contribution in [-0.2, 0) is 5.60 Å². The molecular weight excluding hydrogens is 414 g/mol. The topological polar surface area (TPSA) is 65.9 Å². The highest BCUT2D eigenvalue weighted by molar-refractivity contribution is 5.95. The van der Waals surface area contributed by atoms with E-state index in [9.17, 15) is 9.90 Å². The van der Waals surface area contributed by atoms with Crippen molar-refractivity contribution >= 4 is 23.4 Å². The summed E-state index contributed by atoms with van der Waals surface area (Å²) in [5.74, 6) is 0.421.